The molecule has 0 spiro atoms. The van der Waals surface area contributed by atoms with Gasteiger partial charge in [0, 0.05) is 25.1 Å². The molecule has 0 amide bonds. The number of aromatic nitrogens is 3. The van der Waals surface area contributed by atoms with Crippen LogP contribution in [0.25, 0.3) is 0 Å². The summed E-state index contributed by atoms with van der Waals surface area (Å²) in [6, 6.07) is 0. The third-order valence-electron chi connectivity index (χ3n) is 3.22. The van der Waals surface area contributed by atoms with Gasteiger partial charge in [-0.05, 0) is 20.3 Å². The SMILES string of the molecule is CCOC(=O)C(C)C(=O)[C@@H]1C[C@H]1c1cn(C)nn1. The Kier molecular flexibility index (Phi) is 3.45. The van der Waals surface area contributed by atoms with Crippen molar-refractivity contribution < 1.29 is 14.3 Å². The van der Waals surface area contributed by atoms with E-state index in [1.165, 1.54) is 0 Å². The minimum absolute atomic E-state index is 0.0518. The van der Waals surface area contributed by atoms with Crippen molar-refractivity contribution in [3.8, 4) is 0 Å². The first-order valence-electron chi connectivity index (χ1n) is 6.11. The molecule has 0 radical (unpaired) electrons. The van der Waals surface area contributed by atoms with Gasteiger partial charge in [-0.2, -0.15) is 0 Å². The van der Waals surface area contributed by atoms with Crippen LogP contribution in [0.5, 0.6) is 0 Å². The molecule has 1 heterocycles. The van der Waals surface area contributed by atoms with Crippen LogP contribution in [-0.2, 0) is 21.4 Å². The molecule has 0 bridgehead atoms. The van der Waals surface area contributed by atoms with Gasteiger partial charge in [0.2, 0.25) is 0 Å². The maximum atomic E-state index is 12.1. The highest BCUT2D eigenvalue weighted by atomic mass is 16.5. The Balaban J connectivity index is 1.95. The Hall–Kier alpha value is -1.72. The lowest BCUT2D eigenvalue weighted by atomic mass is 10.0. The van der Waals surface area contributed by atoms with E-state index in [-0.39, 0.29) is 17.6 Å². The summed E-state index contributed by atoms with van der Waals surface area (Å²) < 4.78 is 6.47. The van der Waals surface area contributed by atoms with E-state index in [1.807, 2.05) is 6.20 Å². The quantitative estimate of drug-likeness (QED) is 0.568. The van der Waals surface area contributed by atoms with E-state index in [2.05, 4.69) is 10.3 Å². The van der Waals surface area contributed by atoms with E-state index in [4.69, 9.17) is 4.74 Å². The highest BCUT2D eigenvalue weighted by Crippen LogP contribution is 2.48. The number of nitrogens with zero attached hydrogens (tertiary/aromatic N) is 3. The lowest BCUT2D eigenvalue weighted by molar-refractivity contribution is -0.151. The minimum Gasteiger partial charge on any atom is -0.465 e. The van der Waals surface area contributed by atoms with Crippen LogP contribution in [0.4, 0.5) is 0 Å². The molecule has 1 fully saturated rings. The van der Waals surface area contributed by atoms with Gasteiger partial charge < -0.3 is 4.74 Å². The summed E-state index contributed by atoms with van der Waals surface area (Å²) in [5.41, 5.74) is 0.826. The summed E-state index contributed by atoms with van der Waals surface area (Å²) in [5, 5.41) is 7.84. The van der Waals surface area contributed by atoms with Crippen molar-refractivity contribution in [3.05, 3.63) is 11.9 Å². The highest BCUT2D eigenvalue weighted by Gasteiger charge is 2.48. The number of carbonyl (C=O) groups excluding carboxylic acids is 2. The number of Topliss-reactive ketones (excluding diaryl/α,β-unsaturated/α-hetero) is 1. The van der Waals surface area contributed by atoms with Gasteiger partial charge in [-0.1, -0.05) is 5.21 Å². The number of aryl methyl sites for hydroxylation is 1. The summed E-state index contributed by atoms with van der Waals surface area (Å²) in [5.74, 6) is -1.17. The molecule has 0 N–H and O–H groups in total. The smallest absolute Gasteiger partial charge is 0.316 e. The third kappa shape index (κ3) is 2.42. The van der Waals surface area contributed by atoms with Gasteiger partial charge in [0.15, 0.2) is 5.78 Å². The average molecular weight is 251 g/mol. The Morgan fingerprint density at radius 2 is 2.33 bits per heavy atom. The molecule has 0 aliphatic heterocycles. The molecule has 1 saturated carbocycles. The molecule has 3 atom stereocenters. The molecule has 2 rings (SSSR count). The van der Waals surface area contributed by atoms with Crippen LogP contribution in [0, 0.1) is 11.8 Å². The molecule has 1 aromatic rings. The molecule has 18 heavy (non-hydrogen) atoms. The van der Waals surface area contributed by atoms with Gasteiger partial charge >= 0.3 is 5.97 Å². The fraction of sp³-hybridized carbons (Fsp3) is 0.667. The van der Waals surface area contributed by atoms with Crippen molar-refractivity contribution in [3.63, 3.8) is 0 Å². The predicted octanol–water partition coefficient (Wildman–Crippen LogP) is 0.687. The van der Waals surface area contributed by atoms with Gasteiger partial charge in [-0.25, -0.2) is 0 Å². The number of ketones is 1. The molecule has 1 aliphatic rings. The van der Waals surface area contributed by atoms with Crippen molar-refractivity contribution >= 4 is 11.8 Å². The Morgan fingerprint density at radius 3 is 2.89 bits per heavy atom. The lowest BCUT2D eigenvalue weighted by Gasteiger charge is -2.08. The van der Waals surface area contributed by atoms with Crippen molar-refractivity contribution in [2.24, 2.45) is 18.9 Å². The fourth-order valence-corrected chi connectivity index (χ4v) is 2.08. The predicted molar refractivity (Wildman–Crippen MR) is 62.7 cm³/mol. The summed E-state index contributed by atoms with van der Waals surface area (Å²) in [7, 11) is 1.79. The number of rotatable bonds is 5. The second kappa shape index (κ2) is 4.88. The molecular weight excluding hydrogens is 234 g/mol. The first-order valence-corrected chi connectivity index (χ1v) is 6.11. The lowest BCUT2D eigenvalue weighted by Crippen LogP contribution is -2.25. The molecule has 1 aromatic heterocycles. The number of ether oxygens (including phenoxy) is 1. The van der Waals surface area contributed by atoms with Gasteiger partial charge in [0.25, 0.3) is 0 Å². The third-order valence-corrected chi connectivity index (χ3v) is 3.22. The van der Waals surface area contributed by atoms with Crippen LogP contribution in [0.1, 0.15) is 31.9 Å². The molecule has 6 heteroatoms. The molecule has 98 valence electrons. The molecule has 1 aliphatic carbocycles. The summed E-state index contributed by atoms with van der Waals surface area (Å²) in [6.07, 6.45) is 2.56. The summed E-state index contributed by atoms with van der Waals surface area (Å²) in [6.45, 7) is 3.63. The van der Waals surface area contributed by atoms with Crippen LogP contribution in [-0.4, -0.2) is 33.4 Å². The second-order valence-corrected chi connectivity index (χ2v) is 4.64. The van der Waals surface area contributed by atoms with Crippen molar-refractivity contribution in [1.82, 2.24) is 15.0 Å². The van der Waals surface area contributed by atoms with Gasteiger partial charge in [0.1, 0.15) is 5.92 Å². The van der Waals surface area contributed by atoms with E-state index < -0.39 is 11.9 Å². The van der Waals surface area contributed by atoms with Crippen molar-refractivity contribution in [2.45, 2.75) is 26.2 Å². The van der Waals surface area contributed by atoms with E-state index in [0.717, 1.165) is 12.1 Å². The van der Waals surface area contributed by atoms with Crippen LogP contribution in [0.2, 0.25) is 0 Å². The molecule has 1 unspecified atom stereocenters. The van der Waals surface area contributed by atoms with Crippen molar-refractivity contribution in [2.75, 3.05) is 6.61 Å². The Bertz CT molecular complexity index is 469. The Morgan fingerprint density at radius 1 is 1.61 bits per heavy atom. The topological polar surface area (TPSA) is 74.1 Å². The molecular formula is C12H17N3O3. The van der Waals surface area contributed by atoms with Crippen LogP contribution < -0.4 is 0 Å². The maximum Gasteiger partial charge on any atom is 0.316 e. The van der Waals surface area contributed by atoms with Gasteiger partial charge in [0.05, 0.1) is 12.3 Å². The van der Waals surface area contributed by atoms with Gasteiger partial charge in [-0.15, -0.1) is 5.10 Å². The minimum atomic E-state index is -0.684. The van der Waals surface area contributed by atoms with E-state index in [1.54, 1.807) is 25.6 Å². The summed E-state index contributed by atoms with van der Waals surface area (Å²) >= 11 is 0. The van der Waals surface area contributed by atoms with E-state index >= 15 is 0 Å². The van der Waals surface area contributed by atoms with E-state index in [0.29, 0.717) is 6.61 Å². The van der Waals surface area contributed by atoms with Crippen molar-refractivity contribution in [1.29, 1.82) is 0 Å². The van der Waals surface area contributed by atoms with Crippen LogP contribution >= 0.6 is 0 Å². The summed E-state index contributed by atoms with van der Waals surface area (Å²) in [4.78, 5) is 23.5. The monoisotopic (exact) mass is 251 g/mol. The number of hydrogen-bond donors (Lipinski definition) is 0. The Labute approximate surface area is 105 Å². The zero-order valence-corrected chi connectivity index (χ0v) is 10.8. The normalized spacial score (nSPS) is 23.5. The van der Waals surface area contributed by atoms with Gasteiger partial charge in [-0.3, -0.25) is 14.3 Å². The van der Waals surface area contributed by atoms with E-state index in [9.17, 15) is 9.59 Å². The number of esters is 1. The number of hydrogen-bond acceptors (Lipinski definition) is 5. The largest absolute Gasteiger partial charge is 0.465 e. The molecule has 0 aromatic carbocycles. The highest BCUT2D eigenvalue weighted by molar-refractivity contribution is 6.01. The molecule has 6 nitrogen and oxygen atoms in total. The standard InChI is InChI=1S/C12H17N3O3/c1-4-18-12(17)7(2)11(16)9-5-8(9)10-6-15(3)14-13-10/h6-9H,4-5H2,1-3H3/t7?,8-,9-/m1/s1. The average Bonchev–Trinajstić information content (AvgIpc) is 3.03. The zero-order valence-electron chi connectivity index (χ0n) is 10.8. The van der Waals surface area contributed by atoms with Crippen LogP contribution in [0.3, 0.4) is 0 Å². The second-order valence-electron chi connectivity index (χ2n) is 4.64. The zero-order chi connectivity index (χ0) is 13.3. The first-order chi connectivity index (χ1) is 8.54. The van der Waals surface area contributed by atoms with Crippen LogP contribution in [0.15, 0.2) is 6.20 Å². The molecule has 0 saturated heterocycles. The first kappa shape index (κ1) is 12.7. The number of carbonyl (C=O) groups is 2. The fourth-order valence-electron chi connectivity index (χ4n) is 2.08. The maximum absolute atomic E-state index is 12.1.